The lowest BCUT2D eigenvalue weighted by atomic mass is 9.88. The molecule has 3 nitrogen and oxygen atoms in total. The first kappa shape index (κ1) is 18.7. The summed E-state index contributed by atoms with van der Waals surface area (Å²) in [6.07, 6.45) is 14.0. The number of carbonyl (C=O) groups excluding carboxylic acids is 1. The summed E-state index contributed by atoms with van der Waals surface area (Å²) >= 11 is 0. The van der Waals surface area contributed by atoms with Gasteiger partial charge in [-0.25, -0.2) is 0 Å². The number of hydrogen-bond donors (Lipinski definition) is 1. The fourth-order valence-corrected chi connectivity index (χ4v) is 6.05. The Morgan fingerprint density at radius 1 is 1.04 bits per heavy atom. The summed E-state index contributed by atoms with van der Waals surface area (Å²) in [5, 5.41) is 3.48. The number of nitrogens with zero attached hydrogens (tertiary/aromatic N) is 1. The number of hydrogen-bond acceptors (Lipinski definition) is 2. The minimum atomic E-state index is 0.280. The Hall–Kier alpha value is -1.35. The molecule has 1 N–H and O–H groups in total. The lowest BCUT2D eigenvalue weighted by Gasteiger charge is -2.26. The first-order valence-corrected chi connectivity index (χ1v) is 11.9. The number of carbonyl (C=O) groups is 1. The van der Waals surface area contributed by atoms with Crippen LogP contribution in [0.4, 0.5) is 5.69 Å². The number of fused-ring (bicyclic) bond motifs is 1. The third-order valence-corrected chi connectivity index (χ3v) is 7.97. The molecule has 2 aliphatic heterocycles. The molecule has 0 spiro atoms. The van der Waals surface area contributed by atoms with Gasteiger partial charge in [-0.15, -0.1) is 0 Å². The zero-order valence-corrected chi connectivity index (χ0v) is 17.3. The Balaban J connectivity index is 1.18. The molecule has 3 fully saturated rings. The molecule has 1 aromatic carbocycles. The van der Waals surface area contributed by atoms with Gasteiger partial charge in [0.15, 0.2) is 0 Å². The zero-order valence-electron chi connectivity index (χ0n) is 17.3. The summed E-state index contributed by atoms with van der Waals surface area (Å²) in [4.78, 5) is 15.1. The lowest BCUT2D eigenvalue weighted by Crippen LogP contribution is -2.35. The summed E-state index contributed by atoms with van der Waals surface area (Å²) in [5.74, 6) is 3.34. The Bertz CT molecular complexity index is 702. The Morgan fingerprint density at radius 3 is 2.68 bits per heavy atom. The molecule has 1 amide bonds. The van der Waals surface area contributed by atoms with Gasteiger partial charge in [0.1, 0.15) is 0 Å². The molecule has 2 saturated carbocycles. The van der Waals surface area contributed by atoms with Crippen molar-refractivity contribution in [3.8, 4) is 0 Å². The van der Waals surface area contributed by atoms with Crippen LogP contribution in [0.2, 0.25) is 0 Å². The number of rotatable bonds is 5. The van der Waals surface area contributed by atoms with E-state index in [2.05, 4.69) is 28.4 Å². The summed E-state index contributed by atoms with van der Waals surface area (Å²) in [7, 11) is 0. The molecule has 0 radical (unpaired) electrons. The van der Waals surface area contributed by atoms with Crippen LogP contribution in [0, 0.1) is 17.8 Å². The molecule has 4 aliphatic rings. The smallest absolute Gasteiger partial charge is 0.230 e. The van der Waals surface area contributed by atoms with E-state index in [-0.39, 0.29) is 5.92 Å². The molecule has 5 rings (SSSR count). The van der Waals surface area contributed by atoms with Crippen LogP contribution < -0.4 is 10.2 Å². The van der Waals surface area contributed by atoms with Crippen molar-refractivity contribution in [3.63, 3.8) is 0 Å². The summed E-state index contributed by atoms with van der Waals surface area (Å²) in [6.45, 7) is 3.34. The molecule has 2 atom stereocenters. The van der Waals surface area contributed by atoms with E-state index >= 15 is 0 Å². The maximum absolute atomic E-state index is 13.0. The highest BCUT2D eigenvalue weighted by molar-refractivity contribution is 5.97. The summed E-state index contributed by atoms with van der Waals surface area (Å²) in [5.41, 5.74) is 4.18. The molecule has 152 valence electrons. The summed E-state index contributed by atoms with van der Waals surface area (Å²) in [6, 6.07) is 7.04. The van der Waals surface area contributed by atoms with Gasteiger partial charge in [0.05, 0.1) is 0 Å². The van der Waals surface area contributed by atoms with E-state index in [0.717, 1.165) is 43.6 Å². The van der Waals surface area contributed by atoms with E-state index in [1.807, 2.05) is 0 Å². The van der Waals surface area contributed by atoms with E-state index in [1.54, 1.807) is 5.56 Å². The van der Waals surface area contributed by atoms with Crippen LogP contribution in [0.5, 0.6) is 0 Å². The highest BCUT2D eigenvalue weighted by Gasteiger charge is 2.39. The van der Waals surface area contributed by atoms with Crippen molar-refractivity contribution in [2.24, 2.45) is 17.8 Å². The summed E-state index contributed by atoms with van der Waals surface area (Å²) < 4.78 is 0. The van der Waals surface area contributed by atoms with Crippen molar-refractivity contribution in [3.05, 3.63) is 29.3 Å². The Kier molecular flexibility index (Phi) is 5.45. The second-order valence-electron chi connectivity index (χ2n) is 9.84. The van der Waals surface area contributed by atoms with E-state index in [0.29, 0.717) is 5.91 Å². The Labute approximate surface area is 170 Å². The van der Waals surface area contributed by atoms with Crippen LogP contribution in [-0.4, -0.2) is 25.5 Å². The third kappa shape index (κ3) is 3.87. The van der Waals surface area contributed by atoms with Crippen molar-refractivity contribution in [1.29, 1.82) is 0 Å². The minimum Gasteiger partial charge on any atom is -0.317 e. The fraction of sp³-hybridized carbons (Fsp3) is 0.720. The highest BCUT2D eigenvalue weighted by atomic mass is 16.2. The Morgan fingerprint density at radius 2 is 1.86 bits per heavy atom. The first-order valence-electron chi connectivity index (χ1n) is 11.9. The molecule has 0 bridgehead atoms. The van der Waals surface area contributed by atoms with Gasteiger partial charge in [-0.3, -0.25) is 4.79 Å². The zero-order chi connectivity index (χ0) is 18.9. The van der Waals surface area contributed by atoms with Gasteiger partial charge in [-0.05, 0) is 93.0 Å². The first-order chi connectivity index (χ1) is 13.8. The molecule has 28 heavy (non-hydrogen) atoms. The number of benzene rings is 1. The average Bonchev–Trinajstić information content (AvgIpc) is 3.42. The number of anilines is 1. The van der Waals surface area contributed by atoms with Gasteiger partial charge >= 0.3 is 0 Å². The van der Waals surface area contributed by atoms with E-state index in [9.17, 15) is 4.79 Å². The SMILES string of the molecule is O=C(C1CCCCC1)N1CCc2cc(C3CC3CCC3CCNCC3)ccc21. The predicted octanol–water partition coefficient (Wildman–Crippen LogP) is 5.04. The topological polar surface area (TPSA) is 32.3 Å². The van der Waals surface area contributed by atoms with E-state index in [1.165, 1.54) is 75.7 Å². The van der Waals surface area contributed by atoms with Gasteiger partial charge in [-0.2, -0.15) is 0 Å². The molecular formula is C25H36N2O. The normalized spacial score (nSPS) is 28.4. The molecule has 1 saturated heterocycles. The van der Waals surface area contributed by atoms with Gasteiger partial charge < -0.3 is 10.2 Å². The molecule has 2 unspecified atom stereocenters. The van der Waals surface area contributed by atoms with Crippen LogP contribution in [-0.2, 0) is 11.2 Å². The fourth-order valence-electron chi connectivity index (χ4n) is 6.05. The molecular weight excluding hydrogens is 344 g/mol. The van der Waals surface area contributed by atoms with Gasteiger partial charge in [0.25, 0.3) is 0 Å². The van der Waals surface area contributed by atoms with Crippen molar-refractivity contribution >= 4 is 11.6 Å². The van der Waals surface area contributed by atoms with Gasteiger partial charge in [-0.1, -0.05) is 37.8 Å². The molecule has 3 heteroatoms. The second-order valence-corrected chi connectivity index (χ2v) is 9.84. The lowest BCUT2D eigenvalue weighted by molar-refractivity contribution is -0.123. The monoisotopic (exact) mass is 380 g/mol. The van der Waals surface area contributed by atoms with Crippen LogP contribution >= 0.6 is 0 Å². The van der Waals surface area contributed by atoms with Gasteiger partial charge in [0, 0.05) is 18.2 Å². The highest BCUT2D eigenvalue weighted by Crippen LogP contribution is 2.51. The van der Waals surface area contributed by atoms with E-state index in [4.69, 9.17) is 0 Å². The average molecular weight is 381 g/mol. The third-order valence-electron chi connectivity index (χ3n) is 7.97. The van der Waals surface area contributed by atoms with Crippen molar-refractivity contribution in [2.75, 3.05) is 24.5 Å². The molecule has 2 aliphatic carbocycles. The van der Waals surface area contributed by atoms with Gasteiger partial charge in [0.2, 0.25) is 5.91 Å². The molecule has 0 aromatic heterocycles. The van der Waals surface area contributed by atoms with E-state index < -0.39 is 0 Å². The largest absolute Gasteiger partial charge is 0.317 e. The maximum atomic E-state index is 13.0. The molecule has 2 heterocycles. The van der Waals surface area contributed by atoms with Crippen LogP contribution in [0.15, 0.2) is 18.2 Å². The standard InChI is InChI=1S/C25H36N2O/c28-25(19-4-2-1-3-5-19)27-15-12-22-16-20(8-9-24(22)27)23-17-21(23)7-6-18-10-13-26-14-11-18/h8-9,16,18-19,21,23,26H,1-7,10-15,17H2. The van der Waals surface area contributed by atoms with Crippen molar-refractivity contribution in [1.82, 2.24) is 5.32 Å². The second kappa shape index (κ2) is 8.18. The predicted molar refractivity (Wildman–Crippen MR) is 115 cm³/mol. The number of piperidine rings is 1. The number of amides is 1. The minimum absolute atomic E-state index is 0.280. The molecule has 1 aromatic rings. The van der Waals surface area contributed by atoms with Crippen LogP contribution in [0.1, 0.15) is 81.3 Å². The maximum Gasteiger partial charge on any atom is 0.230 e. The van der Waals surface area contributed by atoms with Crippen molar-refractivity contribution in [2.45, 2.75) is 76.5 Å². The quantitative estimate of drug-likeness (QED) is 0.776. The van der Waals surface area contributed by atoms with Crippen LogP contribution in [0.25, 0.3) is 0 Å². The van der Waals surface area contributed by atoms with Crippen molar-refractivity contribution < 1.29 is 4.79 Å². The number of nitrogens with one attached hydrogen (secondary N) is 1. The van der Waals surface area contributed by atoms with Crippen LogP contribution in [0.3, 0.4) is 0 Å².